The summed E-state index contributed by atoms with van der Waals surface area (Å²) in [5.41, 5.74) is 12.4. The standard InChI is InChI=1S/C42H30N6/c1-5-21-43-35(9-1)39-25-33(26-40(47-39)36-10-2-6-22-44-36)31-17-13-29(14-18-31)30-15-19-32(20-16-30)34-27-41(37-11-3-7-23-45-37)48-42(28-34)38-12-4-8-24-46-38/h1-15,17-28,30H,16H2. The molecule has 0 bridgehead atoms. The van der Waals surface area contributed by atoms with Crippen molar-refractivity contribution >= 4 is 5.57 Å². The van der Waals surface area contributed by atoms with Crippen molar-refractivity contribution in [2.45, 2.75) is 12.3 Å². The van der Waals surface area contributed by atoms with E-state index in [4.69, 9.17) is 9.97 Å². The van der Waals surface area contributed by atoms with Gasteiger partial charge in [-0.25, -0.2) is 9.97 Å². The van der Waals surface area contributed by atoms with Gasteiger partial charge >= 0.3 is 0 Å². The third-order valence-corrected chi connectivity index (χ3v) is 8.47. The molecule has 6 nitrogen and oxygen atoms in total. The van der Waals surface area contributed by atoms with Crippen molar-refractivity contribution in [3.8, 4) is 56.7 Å². The van der Waals surface area contributed by atoms with Crippen LogP contribution in [0.5, 0.6) is 0 Å². The van der Waals surface area contributed by atoms with Gasteiger partial charge in [-0.05, 0) is 107 Å². The molecule has 1 unspecified atom stereocenters. The van der Waals surface area contributed by atoms with Crippen LogP contribution in [0.15, 0.2) is 164 Å². The van der Waals surface area contributed by atoms with E-state index in [-0.39, 0.29) is 5.92 Å². The lowest BCUT2D eigenvalue weighted by molar-refractivity contribution is 0.857. The van der Waals surface area contributed by atoms with E-state index < -0.39 is 0 Å². The van der Waals surface area contributed by atoms with E-state index in [9.17, 15) is 0 Å². The molecule has 7 aromatic rings. The summed E-state index contributed by atoms with van der Waals surface area (Å²) >= 11 is 0. The van der Waals surface area contributed by atoms with Gasteiger partial charge in [-0.2, -0.15) is 0 Å². The lowest BCUT2D eigenvalue weighted by Crippen LogP contribution is -2.00. The molecule has 1 aliphatic rings. The van der Waals surface area contributed by atoms with Crippen molar-refractivity contribution in [1.29, 1.82) is 0 Å². The van der Waals surface area contributed by atoms with E-state index in [0.29, 0.717) is 0 Å². The lowest BCUT2D eigenvalue weighted by atomic mass is 9.87. The molecule has 228 valence electrons. The molecule has 0 aliphatic heterocycles. The van der Waals surface area contributed by atoms with E-state index in [1.54, 1.807) is 24.8 Å². The smallest absolute Gasteiger partial charge is 0.0900 e. The van der Waals surface area contributed by atoms with Gasteiger partial charge in [-0.1, -0.05) is 66.8 Å². The Morgan fingerprint density at radius 2 is 0.854 bits per heavy atom. The lowest BCUT2D eigenvalue weighted by Gasteiger charge is -2.18. The summed E-state index contributed by atoms with van der Waals surface area (Å²) in [5.74, 6) is 0.278. The fourth-order valence-corrected chi connectivity index (χ4v) is 5.98. The van der Waals surface area contributed by atoms with Crippen molar-refractivity contribution in [3.05, 3.63) is 175 Å². The van der Waals surface area contributed by atoms with E-state index >= 15 is 0 Å². The second kappa shape index (κ2) is 13.1. The molecule has 0 fully saturated rings. The minimum atomic E-state index is 0.278. The number of benzene rings is 1. The quantitative estimate of drug-likeness (QED) is 0.177. The summed E-state index contributed by atoms with van der Waals surface area (Å²) in [4.78, 5) is 28.1. The van der Waals surface area contributed by atoms with Crippen LogP contribution in [-0.2, 0) is 0 Å². The zero-order valence-electron chi connectivity index (χ0n) is 26.1. The van der Waals surface area contributed by atoms with Crippen LogP contribution in [0.25, 0.3) is 62.3 Å². The highest BCUT2D eigenvalue weighted by Crippen LogP contribution is 2.35. The van der Waals surface area contributed by atoms with Gasteiger partial charge in [0.15, 0.2) is 0 Å². The Morgan fingerprint density at radius 1 is 0.417 bits per heavy atom. The van der Waals surface area contributed by atoms with Crippen molar-refractivity contribution in [2.75, 3.05) is 0 Å². The van der Waals surface area contributed by atoms with Gasteiger partial charge in [0, 0.05) is 30.7 Å². The average molecular weight is 619 g/mol. The Labute approximate surface area is 279 Å². The first-order chi connectivity index (χ1) is 23.8. The molecule has 0 saturated heterocycles. The average Bonchev–Trinajstić information content (AvgIpc) is 3.19. The second-order valence-electron chi connectivity index (χ2n) is 11.6. The number of hydrogen-bond donors (Lipinski definition) is 0. The van der Waals surface area contributed by atoms with Crippen LogP contribution < -0.4 is 0 Å². The van der Waals surface area contributed by atoms with Crippen molar-refractivity contribution in [1.82, 2.24) is 29.9 Å². The first kappa shape index (κ1) is 29.0. The van der Waals surface area contributed by atoms with E-state index in [1.807, 2.05) is 72.8 Å². The van der Waals surface area contributed by atoms with Crippen LogP contribution in [0.3, 0.4) is 0 Å². The summed E-state index contributed by atoms with van der Waals surface area (Å²) in [6.07, 6.45) is 14.9. The van der Waals surface area contributed by atoms with Gasteiger partial charge in [-0.15, -0.1) is 0 Å². The fraction of sp³-hybridized carbons (Fsp3) is 0.0476. The van der Waals surface area contributed by atoms with Crippen LogP contribution in [0.4, 0.5) is 0 Å². The minimum Gasteiger partial charge on any atom is -0.255 e. The fourth-order valence-electron chi connectivity index (χ4n) is 5.98. The van der Waals surface area contributed by atoms with Crippen LogP contribution in [-0.4, -0.2) is 29.9 Å². The number of hydrogen-bond acceptors (Lipinski definition) is 6. The topological polar surface area (TPSA) is 77.3 Å². The molecule has 1 aromatic carbocycles. The molecule has 0 N–H and O–H groups in total. The molecule has 6 aromatic heterocycles. The Kier molecular flexibility index (Phi) is 7.95. The van der Waals surface area contributed by atoms with Crippen LogP contribution in [0.2, 0.25) is 0 Å². The molecular weight excluding hydrogens is 589 g/mol. The van der Waals surface area contributed by atoms with Crippen molar-refractivity contribution in [2.24, 2.45) is 0 Å². The van der Waals surface area contributed by atoms with E-state index in [2.05, 4.69) is 86.7 Å². The summed E-state index contributed by atoms with van der Waals surface area (Å²) < 4.78 is 0. The first-order valence-electron chi connectivity index (χ1n) is 16.0. The summed E-state index contributed by atoms with van der Waals surface area (Å²) in [5, 5.41) is 0. The molecule has 1 atom stereocenters. The van der Waals surface area contributed by atoms with Gasteiger partial charge in [0.2, 0.25) is 0 Å². The Bertz CT molecular complexity index is 2120. The van der Waals surface area contributed by atoms with Gasteiger partial charge in [0.25, 0.3) is 0 Å². The van der Waals surface area contributed by atoms with Gasteiger partial charge in [-0.3, -0.25) is 19.9 Å². The maximum Gasteiger partial charge on any atom is 0.0900 e. The first-order valence-corrected chi connectivity index (χ1v) is 16.0. The molecule has 0 spiro atoms. The molecule has 1 aliphatic carbocycles. The molecule has 0 radical (unpaired) electrons. The largest absolute Gasteiger partial charge is 0.255 e. The Balaban J connectivity index is 1.07. The second-order valence-corrected chi connectivity index (χ2v) is 11.6. The molecule has 6 heteroatoms. The molecule has 6 heterocycles. The van der Waals surface area contributed by atoms with E-state index in [1.165, 1.54) is 11.1 Å². The minimum absolute atomic E-state index is 0.278. The SMILES string of the molecule is C1=CC(c2ccc(-c3cc(-c4ccccn4)nc(-c4ccccn4)c3)cc2)CC=C1c1cc(-c2ccccn2)nc(-c2ccccn2)c1. The number of pyridine rings is 6. The van der Waals surface area contributed by atoms with E-state index in [0.717, 1.165) is 68.7 Å². The summed E-state index contributed by atoms with van der Waals surface area (Å²) in [6, 6.07) is 40.9. The van der Waals surface area contributed by atoms with Crippen molar-refractivity contribution in [3.63, 3.8) is 0 Å². The number of nitrogens with zero attached hydrogens (tertiary/aromatic N) is 6. The zero-order valence-corrected chi connectivity index (χ0v) is 26.1. The maximum atomic E-state index is 4.92. The highest BCUT2D eigenvalue weighted by molar-refractivity contribution is 5.80. The predicted molar refractivity (Wildman–Crippen MR) is 191 cm³/mol. The number of aromatic nitrogens is 6. The highest BCUT2D eigenvalue weighted by Gasteiger charge is 2.16. The molecular formula is C42H30N6. The number of rotatable bonds is 7. The van der Waals surface area contributed by atoms with Crippen LogP contribution in [0, 0.1) is 0 Å². The van der Waals surface area contributed by atoms with Gasteiger partial charge in [0.1, 0.15) is 0 Å². The monoisotopic (exact) mass is 618 g/mol. The molecule has 0 amide bonds. The normalized spacial score (nSPS) is 14.0. The van der Waals surface area contributed by atoms with Crippen LogP contribution >= 0.6 is 0 Å². The molecule has 48 heavy (non-hydrogen) atoms. The Morgan fingerprint density at radius 3 is 1.23 bits per heavy atom. The predicted octanol–water partition coefficient (Wildman–Crippen LogP) is 9.52. The molecule has 0 saturated carbocycles. The summed E-state index contributed by atoms with van der Waals surface area (Å²) in [6.45, 7) is 0. The third kappa shape index (κ3) is 6.19. The molecule has 8 rings (SSSR count). The zero-order chi connectivity index (χ0) is 32.1. The maximum absolute atomic E-state index is 4.92. The highest BCUT2D eigenvalue weighted by atomic mass is 14.8. The number of allylic oxidation sites excluding steroid dienone is 4. The summed E-state index contributed by atoms with van der Waals surface area (Å²) in [7, 11) is 0. The third-order valence-electron chi connectivity index (χ3n) is 8.47. The van der Waals surface area contributed by atoms with Gasteiger partial charge in [0.05, 0.1) is 45.6 Å². The Hall–Kier alpha value is -6.40. The van der Waals surface area contributed by atoms with Crippen molar-refractivity contribution < 1.29 is 0 Å². The van der Waals surface area contributed by atoms with Crippen LogP contribution in [0.1, 0.15) is 23.5 Å². The van der Waals surface area contributed by atoms with Gasteiger partial charge < -0.3 is 0 Å².